The largest absolute Gasteiger partial charge is 0.481 e. The van der Waals surface area contributed by atoms with Gasteiger partial charge in [-0.2, -0.15) is 0 Å². The van der Waals surface area contributed by atoms with Gasteiger partial charge < -0.3 is 20.0 Å². The van der Waals surface area contributed by atoms with Crippen molar-refractivity contribution in [2.75, 3.05) is 33.8 Å². The van der Waals surface area contributed by atoms with Gasteiger partial charge in [-0.1, -0.05) is 6.92 Å². The van der Waals surface area contributed by atoms with Gasteiger partial charge in [0.15, 0.2) is 0 Å². The highest BCUT2D eigenvalue weighted by atomic mass is 16.4. The fourth-order valence-corrected chi connectivity index (χ4v) is 1.10. The second kappa shape index (κ2) is 6.23. The maximum atomic E-state index is 11.5. The lowest BCUT2D eigenvalue weighted by molar-refractivity contribution is -0.141. The highest BCUT2D eigenvalue weighted by Crippen LogP contribution is 2.01. The molecule has 0 aromatic rings. The third kappa shape index (κ3) is 4.64. The zero-order valence-electron chi connectivity index (χ0n) is 9.30. The Kier molecular flexibility index (Phi) is 5.69. The molecule has 15 heavy (non-hydrogen) atoms. The second-order valence-corrected chi connectivity index (χ2v) is 3.55. The molecule has 2 amide bonds. The van der Waals surface area contributed by atoms with Gasteiger partial charge in [-0.25, -0.2) is 4.79 Å². The first-order valence-corrected chi connectivity index (χ1v) is 4.70. The van der Waals surface area contributed by atoms with Crippen LogP contribution in [0.3, 0.4) is 0 Å². The van der Waals surface area contributed by atoms with E-state index in [1.165, 1.54) is 23.8 Å². The molecule has 0 aromatic heterocycles. The zero-order chi connectivity index (χ0) is 12.0. The van der Waals surface area contributed by atoms with E-state index in [-0.39, 0.29) is 25.7 Å². The Morgan fingerprint density at radius 2 is 1.80 bits per heavy atom. The van der Waals surface area contributed by atoms with Crippen molar-refractivity contribution >= 4 is 12.0 Å². The summed E-state index contributed by atoms with van der Waals surface area (Å²) in [6.07, 6.45) is 0. The van der Waals surface area contributed by atoms with Crippen LogP contribution in [-0.4, -0.2) is 65.8 Å². The van der Waals surface area contributed by atoms with Crippen LogP contribution in [0, 0.1) is 5.92 Å². The number of aliphatic carboxylic acids is 1. The van der Waals surface area contributed by atoms with Crippen molar-refractivity contribution in [2.24, 2.45) is 5.92 Å². The van der Waals surface area contributed by atoms with Gasteiger partial charge in [-0.3, -0.25) is 4.79 Å². The van der Waals surface area contributed by atoms with Gasteiger partial charge in [0.2, 0.25) is 0 Å². The van der Waals surface area contributed by atoms with Crippen molar-refractivity contribution in [3.8, 4) is 0 Å². The number of aliphatic hydroxyl groups is 1. The summed E-state index contributed by atoms with van der Waals surface area (Å²) in [5.41, 5.74) is 0. The highest BCUT2D eigenvalue weighted by molar-refractivity contribution is 5.75. The molecule has 2 N–H and O–H groups in total. The minimum Gasteiger partial charge on any atom is -0.481 e. The number of aliphatic hydroxyl groups excluding tert-OH is 1. The van der Waals surface area contributed by atoms with E-state index in [1.807, 2.05) is 0 Å². The first-order chi connectivity index (χ1) is 6.90. The van der Waals surface area contributed by atoms with E-state index in [0.29, 0.717) is 0 Å². The van der Waals surface area contributed by atoms with Gasteiger partial charge in [-0.05, 0) is 0 Å². The van der Waals surface area contributed by atoms with Gasteiger partial charge in [-0.15, -0.1) is 0 Å². The summed E-state index contributed by atoms with van der Waals surface area (Å²) in [5, 5.41) is 17.3. The van der Waals surface area contributed by atoms with Gasteiger partial charge in [0.1, 0.15) is 0 Å². The van der Waals surface area contributed by atoms with Crippen LogP contribution in [-0.2, 0) is 4.79 Å². The molecule has 0 saturated heterocycles. The molecule has 0 heterocycles. The summed E-state index contributed by atoms with van der Waals surface area (Å²) >= 11 is 0. The third-order valence-corrected chi connectivity index (χ3v) is 2.06. The van der Waals surface area contributed by atoms with Crippen LogP contribution in [0.25, 0.3) is 0 Å². The molecule has 1 atom stereocenters. The Hall–Kier alpha value is -1.30. The van der Waals surface area contributed by atoms with Crippen molar-refractivity contribution in [3.05, 3.63) is 0 Å². The lowest BCUT2D eigenvalue weighted by Crippen LogP contribution is -2.42. The predicted molar refractivity (Wildman–Crippen MR) is 54.5 cm³/mol. The minimum atomic E-state index is -0.931. The van der Waals surface area contributed by atoms with Crippen LogP contribution in [0.2, 0.25) is 0 Å². The summed E-state index contributed by atoms with van der Waals surface area (Å²) in [5.74, 6) is -1.53. The molecule has 6 nitrogen and oxygen atoms in total. The normalized spacial score (nSPS) is 12.0. The maximum Gasteiger partial charge on any atom is 0.319 e. The third-order valence-electron chi connectivity index (χ3n) is 2.06. The van der Waals surface area contributed by atoms with E-state index in [4.69, 9.17) is 10.2 Å². The lowest BCUT2D eigenvalue weighted by atomic mass is 10.2. The van der Waals surface area contributed by atoms with Crippen molar-refractivity contribution in [1.29, 1.82) is 0 Å². The Balaban J connectivity index is 4.14. The molecule has 1 unspecified atom stereocenters. The molecule has 0 radical (unpaired) electrons. The minimum absolute atomic E-state index is 0.107. The summed E-state index contributed by atoms with van der Waals surface area (Å²) in [6, 6.07) is -0.294. The van der Waals surface area contributed by atoms with E-state index in [2.05, 4.69) is 0 Å². The number of urea groups is 1. The molecule has 88 valence electrons. The Bertz CT molecular complexity index is 232. The number of carbonyl (C=O) groups is 2. The van der Waals surface area contributed by atoms with Crippen molar-refractivity contribution < 1.29 is 19.8 Å². The molecule has 0 aromatic carbocycles. The molecule has 0 aliphatic rings. The average molecular weight is 218 g/mol. The summed E-state index contributed by atoms with van der Waals surface area (Å²) in [6.45, 7) is 1.83. The van der Waals surface area contributed by atoms with Gasteiger partial charge >= 0.3 is 12.0 Å². The fraction of sp³-hybridized carbons (Fsp3) is 0.778. The molecule has 0 aliphatic heterocycles. The quantitative estimate of drug-likeness (QED) is 0.663. The van der Waals surface area contributed by atoms with Crippen molar-refractivity contribution in [3.63, 3.8) is 0 Å². The smallest absolute Gasteiger partial charge is 0.319 e. The first-order valence-electron chi connectivity index (χ1n) is 4.70. The molecular formula is C9H18N2O4. The summed E-state index contributed by atoms with van der Waals surface area (Å²) in [4.78, 5) is 24.8. The molecule has 0 bridgehead atoms. The number of likely N-dealkylation sites (N-methyl/N-ethyl adjacent to an activating group) is 1. The SMILES string of the molecule is CC(CN(C)C(=O)N(C)CCO)C(=O)O. The summed E-state index contributed by atoms with van der Waals surface area (Å²) < 4.78 is 0. The highest BCUT2D eigenvalue weighted by Gasteiger charge is 2.19. The number of rotatable bonds is 5. The predicted octanol–water partition coefficient (Wildman–Crippen LogP) is -0.317. The maximum absolute atomic E-state index is 11.5. The van der Waals surface area contributed by atoms with E-state index in [0.717, 1.165) is 0 Å². The topological polar surface area (TPSA) is 81.1 Å². The fourth-order valence-electron chi connectivity index (χ4n) is 1.10. The monoisotopic (exact) mass is 218 g/mol. The van der Waals surface area contributed by atoms with Crippen LogP contribution in [0.5, 0.6) is 0 Å². The standard InChI is InChI=1S/C9H18N2O4/c1-7(8(13)14)6-11(3)9(15)10(2)4-5-12/h7,12H,4-6H2,1-3H3,(H,13,14). The van der Waals surface area contributed by atoms with Crippen LogP contribution >= 0.6 is 0 Å². The Morgan fingerprint density at radius 1 is 1.27 bits per heavy atom. The number of hydrogen-bond acceptors (Lipinski definition) is 3. The van der Waals surface area contributed by atoms with Gasteiger partial charge in [0.05, 0.1) is 12.5 Å². The second-order valence-electron chi connectivity index (χ2n) is 3.55. The Morgan fingerprint density at radius 3 is 2.20 bits per heavy atom. The molecule has 6 heteroatoms. The number of carboxylic acid groups (broad SMARTS) is 1. The average Bonchev–Trinajstić information content (AvgIpc) is 2.16. The lowest BCUT2D eigenvalue weighted by Gasteiger charge is -2.25. The molecule has 0 fully saturated rings. The van der Waals surface area contributed by atoms with E-state index < -0.39 is 11.9 Å². The molecule has 0 saturated carbocycles. The number of hydrogen-bond donors (Lipinski definition) is 2. The van der Waals surface area contributed by atoms with Crippen molar-refractivity contribution in [1.82, 2.24) is 9.80 Å². The van der Waals surface area contributed by atoms with Crippen LogP contribution in [0.4, 0.5) is 4.79 Å². The number of nitrogens with zero attached hydrogens (tertiary/aromatic N) is 2. The summed E-state index contributed by atoms with van der Waals surface area (Å²) in [7, 11) is 3.09. The van der Waals surface area contributed by atoms with Crippen LogP contribution in [0.1, 0.15) is 6.92 Å². The van der Waals surface area contributed by atoms with Crippen molar-refractivity contribution in [2.45, 2.75) is 6.92 Å². The first kappa shape index (κ1) is 13.7. The number of carbonyl (C=O) groups excluding carboxylic acids is 1. The van der Waals surface area contributed by atoms with Crippen LogP contribution < -0.4 is 0 Å². The zero-order valence-corrected chi connectivity index (χ0v) is 9.30. The van der Waals surface area contributed by atoms with E-state index >= 15 is 0 Å². The van der Waals surface area contributed by atoms with Gasteiger partial charge in [0, 0.05) is 27.2 Å². The number of amides is 2. The number of carboxylic acids is 1. The molecule has 0 rings (SSSR count). The molecular weight excluding hydrogens is 200 g/mol. The Labute approximate surface area is 89.1 Å². The van der Waals surface area contributed by atoms with E-state index in [9.17, 15) is 9.59 Å². The molecule has 0 aliphatic carbocycles. The van der Waals surface area contributed by atoms with E-state index in [1.54, 1.807) is 7.05 Å². The van der Waals surface area contributed by atoms with Gasteiger partial charge in [0.25, 0.3) is 0 Å². The molecule has 0 spiro atoms. The van der Waals surface area contributed by atoms with Crippen LogP contribution in [0.15, 0.2) is 0 Å².